The number of aromatic nitrogens is 2. The van der Waals surface area contributed by atoms with Crippen molar-refractivity contribution in [3.63, 3.8) is 0 Å². The first kappa shape index (κ1) is 10.1. The Morgan fingerprint density at radius 1 is 1.41 bits per heavy atom. The lowest BCUT2D eigenvalue weighted by molar-refractivity contribution is -0.493. The summed E-state index contributed by atoms with van der Waals surface area (Å²) in [4.78, 5) is 2.21. The second-order valence-corrected chi connectivity index (χ2v) is 4.38. The lowest BCUT2D eigenvalue weighted by atomic mass is 10.3. The van der Waals surface area contributed by atoms with E-state index >= 15 is 0 Å². The minimum absolute atomic E-state index is 0.767. The van der Waals surface area contributed by atoms with Crippen molar-refractivity contribution in [1.82, 2.24) is 9.61 Å². The van der Waals surface area contributed by atoms with E-state index < -0.39 is 0 Å². The Hall–Kier alpha value is -2.04. The maximum absolute atomic E-state index is 6.15. The van der Waals surface area contributed by atoms with Crippen LogP contribution in [-0.2, 0) is 0 Å². The minimum atomic E-state index is 0.767. The van der Waals surface area contributed by atoms with Gasteiger partial charge in [0.1, 0.15) is 12.7 Å². The van der Waals surface area contributed by atoms with Gasteiger partial charge in [0.05, 0.1) is 18.6 Å². The highest BCUT2D eigenvalue weighted by Crippen LogP contribution is 2.26. The lowest BCUT2D eigenvalue weighted by Crippen LogP contribution is -2.38. The van der Waals surface area contributed by atoms with Gasteiger partial charge in [0.2, 0.25) is 0 Å². The predicted octanol–water partition coefficient (Wildman–Crippen LogP) is 0.450. The van der Waals surface area contributed by atoms with Crippen molar-refractivity contribution in [3.8, 4) is 0 Å². The van der Waals surface area contributed by atoms with Crippen molar-refractivity contribution in [1.29, 1.82) is 0 Å². The Morgan fingerprint density at radius 3 is 3.00 bits per heavy atom. The zero-order chi connectivity index (χ0) is 11.8. The standard InChI is InChI=1S/C12H16N5/c1-15-6-8-16(9-7-15)12-11(13)10-4-2-3-5-17(10)14-12/h2-6H,7-9,13H2,1H3/q+1. The zero-order valence-electron chi connectivity index (χ0n) is 9.87. The molecule has 3 heterocycles. The molecule has 5 nitrogen and oxygen atoms in total. The number of rotatable bonds is 1. The molecule has 0 bridgehead atoms. The summed E-state index contributed by atoms with van der Waals surface area (Å²) in [7, 11) is 2.09. The van der Waals surface area contributed by atoms with Gasteiger partial charge in [-0.1, -0.05) is 6.07 Å². The van der Waals surface area contributed by atoms with Crippen LogP contribution in [0.2, 0.25) is 0 Å². The van der Waals surface area contributed by atoms with Crippen molar-refractivity contribution in [2.75, 3.05) is 37.3 Å². The van der Waals surface area contributed by atoms with Crippen LogP contribution in [-0.4, -0.2) is 47.1 Å². The minimum Gasteiger partial charge on any atom is -0.394 e. The van der Waals surface area contributed by atoms with Crippen molar-refractivity contribution in [3.05, 3.63) is 24.4 Å². The Labute approximate surface area is 99.8 Å². The van der Waals surface area contributed by atoms with Crippen LogP contribution in [0.3, 0.4) is 0 Å². The number of hydrogen-bond donors (Lipinski definition) is 1. The summed E-state index contributed by atoms with van der Waals surface area (Å²) in [6, 6.07) is 5.93. The average molecular weight is 230 g/mol. The Balaban J connectivity index is 2.03. The smallest absolute Gasteiger partial charge is 0.175 e. The van der Waals surface area contributed by atoms with E-state index in [0.29, 0.717) is 0 Å². The number of likely N-dealkylation sites (N-methyl/N-ethyl adjacent to an activating group) is 1. The van der Waals surface area contributed by atoms with Gasteiger partial charge >= 0.3 is 0 Å². The molecule has 0 aromatic carbocycles. The molecule has 1 aliphatic rings. The maximum atomic E-state index is 6.15. The molecule has 0 aliphatic carbocycles. The third-order valence-electron chi connectivity index (χ3n) is 3.19. The fourth-order valence-corrected chi connectivity index (χ4v) is 2.13. The molecule has 0 saturated heterocycles. The Morgan fingerprint density at radius 2 is 2.29 bits per heavy atom. The first-order valence-electron chi connectivity index (χ1n) is 5.77. The van der Waals surface area contributed by atoms with E-state index in [4.69, 9.17) is 5.73 Å². The van der Waals surface area contributed by atoms with E-state index in [2.05, 4.69) is 27.8 Å². The van der Waals surface area contributed by atoms with E-state index in [1.54, 1.807) is 0 Å². The van der Waals surface area contributed by atoms with Gasteiger partial charge in [-0.2, -0.15) is 0 Å². The molecular formula is C12H16N5+. The van der Waals surface area contributed by atoms with Crippen LogP contribution in [0.4, 0.5) is 11.5 Å². The van der Waals surface area contributed by atoms with Gasteiger partial charge in [0, 0.05) is 6.20 Å². The zero-order valence-corrected chi connectivity index (χ0v) is 9.87. The van der Waals surface area contributed by atoms with Crippen molar-refractivity contribution in [2.45, 2.75) is 0 Å². The maximum Gasteiger partial charge on any atom is 0.175 e. The first-order chi connectivity index (χ1) is 8.25. The fourth-order valence-electron chi connectivity index (χ4n) is 2.13. The lowest BCUT2D eigenvalue weighted by Gasteiger charge is -2.22. The van der Waals surface area contributed by atoms with Crippen molar-refractivity contribution in [2.24, 2.45) is 0 Å². The number of fused-ring (bicyclic) bond motifs is 1. The predicted molar refractivity (Wildman–Crippen MR) is 68.9 cm³/mol. The number of pyridine rings is 1. The quantitative estimate of drug-likeness (QED) is 0.724. The SMILES string of the molecule is C[N+]1=CCN(c2nn3ccccc3c2N)CC1. The highest BCUT2D eigenvalue weighted by atomic mass is 15.3. The summed E-state index contributed by atoms with van der Waals surface area (Å²) in [6.45, 7) is 2.83. The monoisotopic (exact) mass is 230 g/mol. The van der Waals surface area contributed by atoms with Crippen LogP contribution in [0.5, 0.6) is 0 Å². The highest BCUT2D eigenvalue weighted by Gasteiger charge is 2.20. The molecule has 88 valence electrons. The van der Waals surface area contributed by atoms with Gasteiger partial charge in [0.25, 0.3) is 0 Å². The Bertz CT molecular complexity index is 584. The Kier molecular flexibility index (Phi) is 2.24. The summed E-state index contributed by atoms with van der Waals surface area (Å²) >= 11 is 0. The number of anilines is 2. The van der Waals surface area contributed by atoms with Gasteiger partial charge in [-0.15, -0.1) is 5.10 Å². The van der Waals surface area contributed by atoms with E-state index in [9.17, 15) is 0 Å². The number of nitrogen functional groups attached to an aromatic ring is 1. The van der Waals surface area contributed by atoms with Crippen LogP contribution >= 0.6 is 0 Å². The molecule has 2 N–H and O–H groups in total. The molecule has 2 aromatic heterocycles. The fraction of sp³-hybridized carbons (Fsp3) is 0.333. The van der Waals surface area contributed by atoms with E-state index in [1.807, 2.05) is 28.9 Å². The van der Waals surface area contributed by atoms with Crippen LogP contribution in [0, 0.1) is 0 Å². The normalized spacial score (nSPS) is 16.3. The summed E-state index contributed by atoms with van der Waals surface area (Å²) < 4.78 is 4.03. The molecule has 0 radical (unpaired) electrons. The number of nitrogens with zero attached hydrogens (tertiary/aromatic N) is 4. The first-order valence-corrected chi connectivity index (χ1v) is 5.77. The van der Waals surface area contributed by atoms with Crippen molar-refractivity contribution >= 4 is 23.2 Å². The topological polar surface area (TPSA) is 49.6 Å². The molecule has 1 aliphatic heterocycles. The summed E-state index contributed by atoms with van der Waals surface area (Å²) in [6.07, 6.45) is 4.09. The second-order valence-electron chi connectivity index (χ2n) is 4.38. The molecule has 0 saturated carbocycles. The van der Waals surface area contributed by atoms with Crippen LogP contribution in [0.25, 0.3) is 5.52 Å². The van der Waals surface area contributed by atoms with Gasteiger partial charge < -0.3 is 10.6 Å². The van der Waals surface area contributed by atoms with E-state index in [0.717, 1.165) is 36.7 Å². The van der Waals surface area contributed by atoms with E-state index in [1.165, 1.54) is 0 Å². The van der Waals surface area contributed by atoms with Crippen LogP contribution in [0.15, 0.2) is 24.4 Å². The molecule has 0 fully saturated rings. The highest BCUT2D eigenvalue weighted by molar-refractivity contribution is 5.82. The molecule has 17 heavy (non-hydrogen) atoms. The molecular weight excluding hydrogens is 214 g/mol. The van der Waals surface area contributed by atoms with Gasteiger partial charge in [-0.3, -0.25) is 0 Å². The van der Waals surface area contributed by atoms with Crippen LogP contribution in [0.1, 0.15) is 0 Å². The van der Waals surface area contributed by atoms with E-state index in [-0.39, 0.29) is 0 Å². The van der Waals surface area contributed by atoms with Gasteiger partial charge in [-0.25, -0.2) is 9.09 Å². The second kappa shape index (κ2) is 3.76. The molecule has 2 aromatic rings. The van der Waals surface area contributed by atoms with Gasteiger partial charge in [-0.05, 0) is 12.1 Å². The summed E-state index contributed by atoms with van der Waals surface area (Å²) in [5, 5.41) is 4.54. The third kappa shape index (κ3) is 1.63. The summed E-state index contributed by atoms with van der Waals surface area (Å²) in [5.74, 6) is 0.889. The van der Waals surface area contributed by atoms with Crippen LogP contribution < -0.4 is 10.6 Å². The average Bonchev–Trinajstić information content (AvgIpc) is 2.69. The molecule has 0 unspecified atom stereocenters. The molecule has 3 rings (SSSR count). The van der Waals surface area contributed by atoms with Crippen molar-refractivity contribution < 1.29 is 4.58 Å². The molecule has 0 spiro atoms. The van der Waals surface area contributed by atoms with Gasteiger partial charge in [0.15, 0.2) is 18.6 Å². The number of nitrogens with two attached hydrogens (primary N) is 1. The summed E-state index contributed by atoms with van der Waals surface area (Å²) in [5.41, 5.74) is 7.89. The number of hydrogen-bond acceptors (Lipinski definition) is 3. The molecule has 5 heteroatoms. The largest absolute Gasteiger partial charge is 0.394 e. The molecule has 0 amide bonds. The molecule has 0 atom stereocenters. The third-order valence-corrected chi connectivity index (χ3v) is 3.19.